The van der Waals surface area contributed by atoms with E-state index in [0.717, 1.165) is 18.3 Å². The van der Waals surface area contributed by atoms with E-state index in [0.29, 0.717) is 18.5 Å². The zero-order valence-corrected chi connectivity index (χ0v) is 12.3. The molecular formula is C14H26N2OS. The van der Waals surface area contributed by atoms with Crippen LogP contribution in [0.4, 0.5) is 0 Å². The lowest BCUT2D eigenvalue weighted by Gasteiger charge is -2.31. The molecule has 2 rings (SSSR count). The second kappa shape index (κ2) is 7.39. The van der Waals surface area contributed by atoms with Gasteiger partial charge in [-0.05, 0) is 44.8 Å². The average molecular weight is 270 g/mol. The molecule has 1 heterocycles. The lowest BCUT2D eigenvalue weighted by Crippen LogP contribution is -2.45. The SMILES string of the molecule is CSC1CCCC(NCC(=O)N2CCCCC2)C1. The summed E-state index contributed by atoms with van der Waals surface area (Å²) in [6, 6.07) is 0.560. The van der Waals surface area contributed by atoms with Gasteiger partial charge in [0.2, 0.25) is 5.91 Å². The van der Waals surface area contributed by atoms with E-state index >= 15 is 0 Å². The average Bonchev–Trinajstić information content (AvgIpc) is 2.46. The summed E-state index contributed by atoms with van der Waals surface area (Å²) in [7, 11) is 0. The largest absolute Gasteiger partial charge is 0.342 e. The van der Waals surface area contributed by atoms with Crippen molar-refractivity contribution in [1.82, 2.24) is 10.2 Å². The molecule has 104 valence electrons. The van der Waals surface area contributed by atoms with E-state index in [-0.39, 0.29) is 0 Å². The van der Waals surface area contributed by atoms with Crippen LogP contribution in [0.2, 0.25) is 0 Å². The van der Waals surface area contributed by atoms with Crippen molar-refractivity contribution in [2.24, 2.45) is 0 Å². The predicted octanol–water partition coefficient (Wildman–Crippen LogP) is 2.26. The van der Waals surface area contributed by atoms with Gasteiger partial charge in [-0.25, -0.2) is 0 Å². The van der Waals surface area contributed by atoms with Gasteiger partial charge in [0.1, 0.15) is 0 Å². The lowest BCUT2D eigenvalue weighted by molar-refractivity contribution is -0.131. The van der Waals surface area contributed by atoms with Crippen LogP contribution in [0.25, 0.3) is 0 Å². The van der Waals surface area contributed by atoms with Gasteiger partial charge < -0.3 is 10.2 Å². The van der Waals surface area contributed by atoms with Crippen molar-refractivity contribution in [1.29, 1.82) is 0 Å². The molecule has 3 nitrogen and oxygen atoms in total. The smallest absolute Gasteiger partial charge is 0.236 e. The summed E-state index contributed by atoms with van der Waals surface area (Å²) in [4.78, 5) is 14.1. The fourth-order valence-electron chi connectivity index (χ4n) is 3.03. The molecule has 0 bridgehead atoms. The highest BCUT2D eigenvalue weighted by molar-refractivity contribution is 7.99. The highest BCUT2D eigenvalue weighted by Gasteiger charge is 2.22. The summed E-state index contributed by atoms with van der Waals surface area (Å²) in [5, 5.41) is 4.27. The molecule has 18 heavy (non-hydrogen) atoms. The summed E-state index contributed by atoms with van der Waals surface area (Å²) in [5.74, 6) is 0.306. The molecule has 1 saturated carbocycles. The molecule has 0 radical (unpaired) electrons. The van der Waals surface area contributed by atoms with E-state index in [4.69, 9.17) is 0 Å². The minimum Gasteiger partial charge on any atom is -0.342 e. The van der Waals surface area contributed by atoms with Crippen LogP contribution in [0.1, 0.15) is 44.9 Å². The number of hydrogen-bond acceptors (Lipinski definition) is 3. The molecule has 1 amide bonds. The van der Waals surface area contributed by atoms with Crippen molar-refractivity contribution in [2.45, 2.75) is 56.2 Å². The van der Waals surface area contributed by atoms with Crippen molar-refractivity contribution < 1.29 is 4.79 Å². The Morgan fingerprint density at radius 2 is 2.00 bits per heavy atom. The van der Waals surface area contributed by atoms with Gasteiger partial charge in [0.15, 0.2) is 0 Å². The number of likely N-dealkylation sites (tertiary alicyclic amines) is 1. The second-order valence-electron chi connectivity index (χ2n) is 5.54. The lowest BCUT2D eigenvalue weighted by atomic mass is 9.95. The maximum absolute atomic E-state index is 12.1. The first-order chi connectivity index (χ1) is 8.79. The molecule has 2 aliphatic rings. The van der Waals surface area contributed by atoms with E-state index < -0.39 is 0 Å². The van der Waals surface area contributed by atoms with Crippen molar-refractivity contribution in [3.63, 3.8) is 0 Å². The Kier molecular flexibility index (Phi) is 5.83. The Hall–Kier alpha value is -0.220. The molecule has 4 heteroatoms. The first-order valence-electron chi connectivity index (χ1n) is 7.33. The van der Waals surface area contributed by atoms with Crippen LogP contribution in [-0.2, 0) is 4.79 Å². The first kappa shape index (κ1) is 14.2. The molecule has 1 saturated heterocycles. The monoisotopic (exact) mass is 270 g/mol. The van der Waals surface area contributed by atoms with E-state index in [1.54, 1.807) is 0 Å². The zero-order chi connectivity index (χ0) is 12.8. The fourth-order valence-corrected chi connectivity index (χ4v) is 3.86. The van der Waals surface area contributed by atoms with Crippen LogP contribution in [0.15, 0.2) is 0 Å². The van der Waals surface area contributed by atoms with E-state index in [1.807, 2.05) is 16.7 Å². The zero-order valence-electron chi connectivity index (χ0n) is 11.5. The molecule has 1 N–H and O–H groups in total. The van der Waals surface area contributed by atoms with Crippen LogP contribution >= 0.6 is 11.8 Å². The van der Waals surface area contributed by atoms with Gasteiger partial charge in [0.25, 0.3) is 0 Å². The van der Waals surface area contributed by atoms with Crippen LogP contribution in [0, 0.1) is 0 Å². The normalized spacial score (nSPS) is 29.3. The second-order valence-corrected chi connectivity index (χ2v) is 6.68. The minimum absolute atomic E-state index is 0.306. The minimum atomic E-state index is 0.306. The van der Waals surface area contributed by atoms with Crippen molar-refractivity contribution >= 4 is 17.7 Å². The number of carbonyl (C=O) groups excluding carboxylic acids is 1. The van der Waals surface area contributed by atoms with Crippen LogP contribution in [-0.4, -0.2) is 48.0 Å². The summed E-state index contributed by atoms with van der Waals surface area (Å²) in [6.07, 6.45) is 11.0. The van der Waals surface area contributed by atoms with Crippen LogP contribution < -0.4 is 5.32 Å². The predicted molar refractivity (Wildman–Crippen MR) is 78.0 cm³/mol. The fraction of sp³-hybridized carbons (Fsp3) is 0.929. The first-order valence-corrected chi connectivity index (χ1v) is 8.62. The Labute approximate surface area is 115 Å². The standard InChI is InChI=1S/C14H26N2OS/c1-18-13-7-5-6-12(10-13)15-11-14(17)16-8-3-2-4-9-16/h12-13,15H,2-11H2,1H3. The van der Waals surface area contributed by atoms with Gasteiger partial charge in [0.05, 0.1) is 6.54 Å². The highest BCUT2D eigenvalue weighted by Crippen LogP contribution is 2.26. The van der Waals surface area contributed by atoms with Gasteiger partial charge in [0, 0.05) is 24.4 Å². The number of hydrogen-bond donors (Lipinski definition) is 1. The molecule has 2 atom stereocenters. The van der Waals surface area contributed by atoms with Gasteiger partial charge in [-0.1, -0.05) is 6.42 Å². The quantitative estimate of drug-likeness (QED) is 0.850. The molecule has 2 fully saturated rings. The maximum Gasteiger partial charge on any atom is 0.236 e. The highest BCUT2D eigenvalue weighted by atomic mass is 32.2. The Bertz CT molecular complexity index is 267. The molecule has 0 aromatic heterocycles. The van der Waals surface area contributed by atoms with E-state index in [1.165, 1.54) is 44.9 Å². The number of nitrogens with zero attached hydrogens (tertiary/aromatic N) is 1. The number of rotatable bonds is 4. The third kappa shape index (κ3) is 4.16. The Balaban J connectivity index is 1.68. The maximum atomic E-state index is 12.1. The van der Waals surface area contributed by atoms with Gasteiger partial charge in [-0.2, -0.15) is 11.8 Å². The molecule has 2 unspecified atom stereocenters. The summed E-state index contributed by atoms with van der Waals surface area (Å²) < 4.78 is 0. The Morgan fingerprint density at radius 3 is 2.72 bits per heavy atom. The molecule has 0 aromatic carbocycles. The molecule has 1 aliphatic carbocycles. The van der Waals surface area contributed by atoms with Gasteiger partial charge in [-0.15, -0.1) is 0 Å². The van der Waals surface area contributed by atoms with E-state index in [2.05, 4.69) is 11.6 Å². The Morgan fingerprint density at radius 1 is 1.22 bits per heavy atom. The third-order valence-electron chi connectivity index (χ3n) is 4.21. The van der Waals surface area contributed by atoms with Crippen molar-refractivity contribution in [3.05, 3.63) is 0 Å². The molecular weight excluding hydrogens is 244 g/mol. The number of piperidine rings is 1. The summed E-state index contributed by atoms with van der Waals surface area (Å²) in [5.41, 5.74) is 0. The number of thioether (sulfide) groups is 1. The summed E-state index contributed by atoms with van der Waals surface area (Å²) in [6.45, 7) is 2.49. The topological polar surface area (TPSA) is 32.3 Å². The number of carbonyl (C=O) groups is 1. The summed E-state index contributed by atoms with van der Waals surface area (Å²) >= 11 is 1.98. The van der Waals surface area contributed by atoms with Crippen LogP contribution in [0.5, 0.6) is 0 Å². The number of amides is 1. The van der Waals surface area contributed by atoms with Crippen molar-refractivity contribution in [2.75, 3.05) is 25.9 Å². The van der Waals surface area contributed by atoms with Gasteiger partial charge in [-0.3, -0.25) is 4.79 Å². The molecule has 0 spiro atoms. The van der Waals surface area contributed by atoms with Crippen molar-refractivity contribution in [3.8, 4) is 0 Å². The van der Waals surface area contributed by atoms with E-state index in [9.17, 15) is 4.79 Å². The molecule has 1 aliphatic heterocycles. The number of nitrogens with one attached hydrogen (secondary N) is 1. The van der Waals surface area contributed by atoms with Crippen LogP contribution in [0.3, 0.4) is 0 Å². The van der Waals surface area contributed by atoms with Gasteiger partial charge >= 0.3 is 0 Å². The third-order valence-corrected chi connectivity index (χ3v) is 5.30. The molecule has 0 aromatic rings.